The van der Waals surface area contributed by atoms with Gasteiger partial charge in [0.1, 0.15) is 0 Å². The minimum atomic E-state index is -0.176. The fourth-order valence-corrected chi connectivity index (χ4v) is 1.49. The average Bonchev–Trinajstić information content (AvgIpc) is 1.94. The topological polar surface area (TPSA) is 20.2 Å². The van der Waals surface area contributed by atoms with E-state index >= 15 is 0 Å². The van der Waals surface area contributed by atoms with E-state index in [9.17, 15) is 0 Å². The second-order valence-corrected chi connectivity index (χ2v) is 3.01. The van der Waals surface area contributed by atoms with Crippen molar-refractivity contribution in [1.82, 2.24) is 0 Å². The second kappa shape index (κ2) is 3.15. The summed E-state index contributed by atoms with van der Waals surface area (Å²) in [7, 11) is 0. The Morgan fingerprint density at radius 2 is 2.50 bits per heavy atom. The zero-order valence-corrected chi connectivity index (χ0v) is 5.53. The predicted molar refractivity (Wildman–Crippen MR) is 37.1 cm³/mol. The fourth-order valence-electron chi connectivity index (χ4n) is 0.664. The number of aliphatic hydroxyl groups excluding tert-OH is 1. The molecule has 0 bridgehead atoms. The van der Waals surface area contributed by atoms with E-state index in [1.165, 1.54) is 0 Å². The van der Waals surface area contributed by atoms with Crippen LogP contribution in [0.1, 0.15) is 6.42 Å². The molecule has 46 valence electrons. The molecule has 1 atom stereocenters. The first kappa shape index (κ1) is 6.17. The van der Waals surface area contributed by atoms with Gasteiger partial charge in [0.25, 0.3) is 0 Å². The molecule has 0 spiro atoms. The molecule has 0 aromatic rings. The maximum Gasteiger partial charge on any atom is 0.0729 e. The van der Waals surface area contributed by atoms with Gasteiger partial charge in [0.15, 0.2) is 0 Å². The standard InChI is InChI=1S/C6H10OS/c7-6-2-1-4-8-5-3-6/h1-2,6-7H,3-5H2/t6-/m0/s1. The molecule has 1 rings (SSSR count). The molecule has 0 fully saturated rings. The normalized spacial score (nSPS) is 29.9. The van der Waals surface area contributed by atoms with Gasteiger partial charge in [0.2, 0.25) is 0 Å². The SMILES string of the molecule is O[C@H]1C=CCSCC1. The lowest BCUT2D eigenvalue weighted by Gasteiger charge is -1.97. The molecule has 1 N–H and O–H groups in total. The summed E-state index contributed by atoms with van der Waals surface area (Å²) in [5.41, 5.74) is 0. The first-order valence-corrected chi connectivity index (χ1v) is 3.97. The zero-order chi connectivity index (χ0) is 5.82. The number of rotatable bonds is 0. The minimum absolute atomic E-state index is 0.176. The van der Waals surface area contributed by atoms with Gasteiger partial charge in [-0.15, -0.1) is 0 Å². The maximum atomic E-state index is 8.99. The fraction of sp³-hybridized carbons (Fsp3) is 0.667. The molecule has 0 amide bonds. The largest absolute Gasteiger partial charge is 0.389 e. The minimum Gasteiger partial charge on any atom is -0.389 e. The van der Waals surface area contributed by atoms with E-state index in [-0.39, 0.29) is 6.10 Å². The first-order valence-electron chi connectivity index (χ1n) is 2.82. The highest BCUT2D eigenvalue weighted by Gasteiger charge is 2.00. The zero-order valence-electron chi connectivity index (χ0n) is 4.71. The van der Waals surface area contributed by atoms with Gasteiger partial charge >= 0.3 is 0 Å². The average molecular weight is 130 g/mol. The Morgan fingerprint density at radius 1 is 1.62 bits per heavy atom. The van der Waals surface area contributed by atoms with E-state index in [2.05, 4.69) is 0 Å². The van der Waals surface area contributed by atoms with Gasteiger partial charge in [-0.3, -0.25) is 0 Å². The van der Waals surface area contributed by atoms with Crippen LogP contribution in [0.4, 0.5) is 0 Å². The summed E-state index contributed by atoms with van der Waals surface area (Å²) in [6.07, 6.45) is 4.65. The predicted octanol–water partition coefficient (Wildman–Crippen LogP) is 1.04. The Hall–Kier alpha value is 0.0500. The lowest BCUT2D eigenvalue weighted by molar-refractivity contribution is 0.221. The van der Waals surface area contributed by atoms with Crippen molar-refractivity contribution in [1.29, 1.82) is 0 Å². The number of thioether (sulfide) groups is 1. The smallest absolute Gasteiger partial charge is 0.0729 e. The molecule has 1 heterocycles. The van der Waals surface area contributed by atoms with Crippen molar-refractivity contribution in [2.24, 2.45) is 0 Å². The van der Waals surface area contributed by atoms with Crippen molar-refractivity contribution in [3.63, 3.8) is 0 Å². The summed E-state index contributed by atoms with van der Waals surface area (Å²) in [5, 5.41) is 8.99. The molecular weight excluding hydrogens is 120 g/mol. The molecule has 0 aromatic heterocycles. The lowest BCUT2D eigenvalue weighted by Crippen LogP contribution is -2.00. The summed E-state index contributed by atoms with van der Waals surface area (Å²) >= 11 is 1.87. The van der Waals surface area contributed by atoms with Gasteiger partial charge in [0.05, 0.1) is 6.10 Å². The Bertz CT molecular complexity index is 90.5. The van der Waals surface area contributed by atoms with Crippen molar-refractivity contribution in [2.45, 2.75) is 12.5 Å². The monoisotopic (exact) mass is 130 g/mol. The number of hydrogen-bond donors (Lipinski definition) is 1. The van der Waals surface area contributed by atoms with Crippen molar-refractivity contribution < 1.29 is 5.11 Å². The molecule has 0 aliphatic carbocycles. The molecule has 1 aliphatic heterocycles. The van der Waals surface area contributed by atoms with Crippen LogP contribution in [-0.2, 0) is 0 Å². The van der Waals surface area contributed by atoms with Crippen molar-refractivity contribution in [2.75, 3.05) is 11.5 Å². The Morgan fingerprint density at radius 3 is 3.38 bits per heavy atom. The summed E-state index contributed by atoms with van der Waals surface area (Å²) in [6, 6.07) is 0. The summed E-state index contributed by atoms with van der Waals surface area (Å²) < 4.78 is 0. The molecule has 2 heteroatoms. The second-order valence-electron chi connectivity index (χ2n) is 1.86. The van der Waals surface area contributed by atoms with Gasteiger partial charge < -0.3 is 5.11 Å². The van der Waals surface area contributed by atoms with Crippen LogP contribution in [0, 0.1) is 0 Å². The van der Waals surface area contributed by atoms with Crippen LogP contribution in [0.3, 0.4) is 0 Å². The maximum absolute atomic E-state index is 8.99. The van der Waals surface area contributed by atoms with Crippen LogP contribution in [0.5, 0.6) is 0 Å². The van der Waals surface area contributed by atoms with E-state index in [4.69, 9.17) is 5.11 Å². The van der Waals surface area contributed by atoms with Crippen LogP contribution >= 0.6 is 11.8 Å². The molecule has 8 heavy (non-hydrogen) atoms. The van der Waals surface area contributed by atoms with E-state index in [0.29, 0.717) is 0 Å². The van der Waals surface area contributed by atoms with E-state index in [0.717, 1.165) is 17.9 Å². The van der Waals surface area contributed by atoms with Crippen LogP contribution < -0.4 is 0 Å². The highest BCUT2D eigenvalue weighted by molar-refractivity contribution is 7.99. The third kappa shape index (κ3) is 1.88. The number of hydrogen-bond acceptors (Lipinski definition) is 2. The van der Waals surface area contributed by atoms with Crippen LogP contribution in [0.25, 0.3) is 0 Å². The van der Waals surface area contributed by atoms with Gasteiger partial charge in [0, 0.05) is 5.75 Å². The third-order valence-corrected chi connectivity index (χ3v) is 2.08. The Kier molecular flexibility index (Phi) is 2.43. The van der Waals surface area contributed by atoms with Crippen LogP contribution in [0.2, 0.25) is 0 Å². The highest BCUT2D eigenvalue weighted by Crippen LogP contribution is 2.10. The molecule has 0 saturated heterocycles. The molecule has 0 unspecified atom stereocenters. The van der Waals surface area contributed by atoms with Crippen molar-refractivity contribution >= 4 is 11.8 Å². The van der Waals surface area contributed by atoms with E-state index in [1.807, 2.05) is 23.9 Å². The van der Waals surface area contributed by atoms with Gasteiger partial charge in [-0.2, -0.15) is 11.8 Å². The third-order valence-electron chi connectivity index (χ3n) is 1.13. The van der Waals surface area contributed by atoms with Gasteiger partial charge in [-0.05, 0) is 12.2 Å². The molecule has 0 radical (unpaired) electrons. The summed E-state index contributed by atoms with van der Waals surface area (Å²) in [5.74, 6) is 2.16. The Labute approximate surface area is 53.8 Å². The van der Waals surface area contributed by atoms with Crippen molar-refractivity contribution in [3.8, 4) is 0 Å². The van der Waals surface area contributed by atoms with Crippen LogP contribution in [-0.4, -0.2) is 22.7 Å². The quantitative estimate of drug-likeness (QED) is 0.494. The molecule has 0 aromatic carbocycles. The molecule has 1 aliphatic rings. The highest BCUT2D eigenvalue weighted by atomic mass is 32.2. The van der Waals surface area contributed by atoms with E-state index in [1.54, 1.807) is 0 Å². The molecule has 1 nitrogen and oxygen atoms in total. The first-order chi connectivity index (χ1) is 3.89. The Balaban J connectivity index is 2.33. The summed E-state index contributed by atoms with van der Waals surface area (Å²) in [4.78, 5) is 0. The lowest BCUT2D eigenvalue weighted by atomic mass is 10.3. The number of aliphatic hydroxyl groups is 1. The molecular formula is C6H10OS. The van der Waals surface area contributed by atoms with E-state index < -0.39 is 0 Å². The van der Waals surface area contributed by atoms with Gasteiger partial charge in [-0.1, -0.05) is 12.2 Å². The van der Waals surface area contributed by atoms with Crippen molar-refractivity contribution in [3.05, 3.63) is 12.2 Å². The van der Waals surface area contributed by atoms with Crippen LogP contribution in [0.15, 0.2) is 12.2 Å². The molecule has 0 saturated carbocycles. The van der Waals surface area contributed by atoms with Gasteiger partial charge in [-0.25, -0.2) is 0 Å². The summed E-state index contributed by atoms with van der Waals surface area (Å²) in [6.45, 7) is 0.